The maximum absolute atomic E-state index is 9.37. The van der Waals surface area contributed by atoms with Gasteiger partial charge in [-0.15, -0.1) is 0 Å². The summed E-state index contributed by atoms with van der Waals surface area (Å²) in [6.45, 7) is 0. The first-order valence-electron chi connectivity index (χ1n) is 3.81. The van der Waals surface area contributed by atoms with Crippen LogP contribution >= 0.6 is 0 Å². The van der Waals surface area contributed by atoms with E-state index in [-0.39, 0.29) is 5.88 Å². The smallest absolute Gasteiger partial charge is 0.238 e. The maximum Gasteiger partial charge on any atom is 0.238 e. The summed E-state index contributed by atoms with van der Waals surface area (Å²) in [6.07, 6.45) is 8.28. The highest BCUT2D eigenvalue weighted by atomic mass is 16.7. The van der Waals surface area contributed by atoms with Crippen LogP contribution in [0.15, 0.2) is 42.9 Å². The molecule has 1 aliphatic heterocycles. The van der Waals surface area contributed by atoms with Crippen LogP contribution < -0.4 is 5.06 Å². The van der Waals surface area contributed by atoms with Crippen molar-refractivity contribution in [3.8, 4) is 5.88 Å². The van der Waals surface area contributed by atoms with Crippen LogP contribution in [0.1, 0.15) is 0 Å². The third-order valence-electron chi connectivity index (χ3n) is 1.59. The van der Waals surface area contributed by atoms with Gasteiger partial charge in [-0.1, -0.05) is 0 Å². The molecule has 2 heterocycles. The molecule has 0 radical (unpaired) electrons. The van der Waals surface area contributed by atoms with Gasteiger partial charge in [0.2, 0.25) is 5.88 Å². The number of nitrogens with zero attached hydrogens (tertiary/aromatic N) is 2. The highest BCUT2D eigenvalue weighted by Gasteiger charge is 2.09. The molecular formula is C9H8N2O2. The second-order valence-corrected chi connectivity index (χ2v) is 2.45. The summed E-state index contributed by atoms with van der Waals surface area (Å²) in [5, 5.41) is 10.8. The summed E-state index contributed by atoms with van der Waals surface area (Å²) in [6, 6.07) is 3.44. The molecule has 0 amide bonds. The van der Waals surface area contributed by atoms with Crippen molar-refractivity contribution in [1.82, 2.24) is 4.98 Å². The minimum atomic E-state index is -0.0533. The van der Waals surface area contributed by atoms with Crippen LogP contribution in [-0.4, -0.2) is 10.1 Å². The first-order valence-corrected chi connectivity index (χ1v) is 3.81. The zero-order valence-corrected chi connectivity index (χ0v) is 6.79. The van der Waals surface area contributed by atoms with Crippen LogP contribution in [0.5, 0.6) is 5.88 Å². The van der Waals surface area contributed by atoms with E-state index in [0.29, 0.717) is 5.69 Å². The van der Waals surface area contributed by atoms with Crippen LogP contribution in [0.4, 0.5) is 5.69 Å². The first kappa shape index (κ1) is 7.67. The Balaban J connectivity index is 2.30. The SMILES string of the molecule is Oc1ncccc1N1C=CC=CO1. The summed E-state index contributed by atoms with van der Waals surface area (Å²) < 4.78 is 0. The molecule has 0 aromatic carbocycles. The number of pyridine rings is 1. The van der Waals surface area contributed by atoms with E-state index in [0.717, 1.165) is 0 Å². The van der Waals surface area contributed by atoms with Crippen molar-refractivity contribution in [3.05, 3.63) is 42.9 Å². The monoisotopic (exact) mass is 176 g/mol. The van der Waals surface area contributed by atoms with Crippen LogP contribution in [0.3, 0.4) is 0 Å². The molecule has 1 N–H and O–H groups in total. The molecule has 2 rings (SSSR count). The molecule has 13 heavy (non-hydrogen) atoms. The molecule has 4 heteroatoms. The van der Waals surface area contributed by atoms with Crippen molar-refractivity contribution >= 4 is 5.69 Å². The number of hydroxylamine groups is 1. The van der Waals surface area contributed by atoms with Crippen LogP contribution in [0.25, 0.3) is 0 Å². The molecule has 4 nitrogen and oxygen atoms in total. The summed E-state index contributed by atoms with van der Waals surface area (Å²) >= 11 is 0. The molecular weight excluding hydrogens is 168 g/mol. The quantitative estimate of drug-likeness (QED) is 0.705. The molecule has 0 unspecified atom stereocenters. The fraction of sp³-hybridized carbons (Fsp3) is 0. The van der Waals surface area contributed by atoms with E-state index in [9.17, 15) is 5.11 Å². The zero-order chi connectivity index (χ0) is 9.10. The van der Waals surface area contributed by atoms with Gasteiger partial charge in [-0.3, -0.25) is 0 Å². The average Bonchev–Trinajstić information content (AvgIpc) is 2.20. The molecule has 0 aliphatic carbocycles. The minimum absolute atomic E-state index is 0.0533. The number of anilines is 1. The van der Waals surface area contributed by atoms with Gasteiger partial charge in [-0.25, -0.2) is 4.98 Å². The van der Waals surface area contributed by atoms with Crippen LogP contribution in [0.2, 0.25) is 0 Å². The number of allylic oxidation sites excluding steroid dienone is 2. The Labute approximate surface area is 75.3 Å². The lowest BCUT2D eigenvalue weighted by Crippen LogP contribution is -2.15. The van der Waals surface area contributed by atoms with E-state index >= 15 is 0 Å². The third kappa shape index (κ3) is 1.46. The Hall–Kier alpha value is -1.97. The largest absolute Gasteiger partial charge is 0.492 e. The van der Waals surface area contributed by atoms with Crippen molar-refractivity contribution in [1.29, 1.82) is 0 Å². The highest BCUT2D eigenvalue weighted by Crippen LogP contribution is 2.25. The van der Waals surface area contributed by atoms with Gasteiger partial charge in [0.1, 0.15) is 11.9 Å². The molecule has 0 saturated heterocycles. The number of hydrogen-bond donors (Lipinski definition) is 1. The van der Waals surface area contributed by atoms with Gasteiger partial charge < -0.3 is 9.94 Å². The molecule has 66 valence electrons. The van der Waals surface area contributed by atoms with Gasteiger partial charge in [-0.2, -0.15) is 5.06 Å². The van der Waals surface area contributed by atoms with Gasteiger partial charge in [0, 0.05) is 12.4 Å². The molecule has 1 aromatic heterocycles. The Morgan fingerprint density at radius 3 is 3.00 bits per heavy atom. The predicted molar refractivity (Wildman–Crippen MR) is 47.7 cm³/mol. The van der Waals surface area contributed by atoms with Crippen molar-refractivity contribution in [2.24, 2.45) is 0 Å². The molecule has 0 spiro atoms. The summed E-state index contributed by atoms with van der Waals surface area (Å²) in [5.74, 6) is -0.0533. The van der Waals surface area contributed by atoms with E-state index in [1.807, 2.05) is 0 Å². The van der Waals surface area contributed by atoms with Gasteiger partial charge >= 0.3 is 0 Å². The van der Waals surface area contributed by atoms with Crippen LogP contribution in [0, 0.1) is 0 Å². The van der Waals surface area contributed by atoms with E-state index in [1.165, 1.54) is 17.5 Å². The lowest BCUT2D eigenvalue weighted by Gasteiger charge is -2.19. The number of aromatic hydroxyl groups is 1. The molecule has 0 bridgehead atoms. The van der Waals surface area contributed by atoms with E-state index in [1.54, 1.807) is 30.5 Å². The number of hydrogen-bond acceptors (Lipinski definition) is 4. The second kappa shape index (κ2) is 3.18. The van der Waals surface area contributed by atoms with E-state index in [2.05, 4.69) is 4.98 Å². The molecule has 1 aromatic rings. The van der Waals surface area contributed by atoms with E-state index in [4.69, 9.17) is 4.84 Å². The van der Waals surface area contributed by atoms with Gasteiger partial charge in [0.25, 0.3) is 0 Å². The molecule has 0 saturated carbocycles. The molecule has 1 aliphatic rings. The fourth-order valence-electron chi connectivity index (χ4n) is 1.01. The maximum atomic E-state index is 9.37. The lowest BCUT2D eigenvalue weighted by molar-refractivity contribution is 0.242. The van der Waals surface area contributed by atoms with Crippen molar-refractivity contribution in [2.75, 3.05) is 5.06 Å². The van der Waals surface area contributed by atoms with Crippen molar-refractivity contribution in [3.63, 3.8) is 0 Å². The predicted octanol–water partition coefficient (Wildman–Crippen LogP) is 1.57. The van der Waals surface area contributed by atoms with Crippen LogP contribution in [-0.2, 0) is 4.84 Å². The standard InChI is InChI=1S/C9H8N2O2/c12-9-8(4-3-5-10-9)11-6-1-2-7-13-11/h1-7H,(H,10,12). The number of rotatable bonds is 1. The Bertz CT molecular complexity index is 360. The number of aromatic nitrogens is 1. The third-order valence-corrected chi connectivity index (χ3v) is 1.59. The van der Waals surface area contributed by atoms with Crippen molar-refractivity contribution in [2.45, 2.75) is 0 Å². The van der Waals surface area contributed by atoms with Crippen molar-refractivity contribution < 1.29 is 9.94 Å². The fourth-order valence-corrected chi connectivity index (χ4v) is 1.01. The topological polar surface area (TPSA) is 45.6 Å². The lowest BCUT2D eigenvalue weighted by atomic mass is 10.4. The minimum Gasteiger partial charge on any atom is -0.492 e. The van der Waals surface area contributed by atoms with Gasteiger partial charge in [0.15, 0.2) is 0 Å². The summed E-state index contributed by atoms with van der Waals surface area (Å²) in [5.41, 5.74) is 0.517. The first-order chi connectivity index (χ1) is 6.38. The van der Waals surface area contributed by atoms with E-state index < -0.39 is 0 Å². The molecule has 0 atom stereocenters. The van der Waals surface area contributed by atoms with Gasteiger partial charge in [0.05, 0.1) is 0 Å². The summed E-state index contributed by atoms with van der Waals surface area (Å²) in [4.78, 5) is 8.84. The Kier molecular flexibility index (Phi) is 1.88. The Morgan fingerprint density at radius 2 is 2.31 bits per heavy atom. The Morgan fingerprint density at radius 1 is 1.38 bits per heavy atom. The molecule has 0 fully saturated rings. The zero-order valence-electron chi connectivity index (χ0n) is 6.79. The average molecular weight is 176 g/mol. The summed E-state index contributed by atoms with van der Waals surface area (Å²) in [7, 11) is 0. The normalized spacial score (nSPS) is 14.3. The highest BCUT2D eigenvalue weighted by molar-refractivity contribution is 5.54. The van der Waals surface area contributed by atoms with Gasteiger partial charge in [-0.05, 0) is 24.3 Å². The second-order valence-electron chi connectivity index (χ2n) is 2.45.